The van der Waals surface area contributed by atoms with Crippen LogP contribution in [-0.4, -0.2) is 12.8 Å². The highest BCUT2D eigenvalue weighted by Crippen LogP contribution is 1.96. The number of nitriles is 1. The minimum atomic E-state index is 0.524. The lowest BCUT2D eigenvalue weighted by atomic mass is 10.2. The predicted octanol–water partition coefficient (Wildman–Crippen LogP) is 1.70. The molecular weight excluding hydrogens is 128 g/mol. The van der Waals surface area contributed by atoms with E-state index in [1.54, 1.807) is 0 Å². The van der Waals surface area contributed by atoms with Gasteiger partial charge in [-0.3, -0.25) is 0 Å². The van der Waals surface area contributed by atoms with E-state index in [-0.39, 0.29) is 0 Å². The van der Waals surface area contributed by atoms with Crippen molar-refractivity contribution in [3.8, 4) is 6.07 Å². The third kappa shape index (κ3) is 3.90. The Morgan fingerprint density at radius 3 is 2.80 bits per heavy atom. The zero-order valence-electron chi connectivity index (χ0n) is 6.42. The molecule has 0 amide bonds. The quantitative estimate of drug-likeness (QED) is 0.440. The third-order valence-corrected chi connectivity index (χ3v) is 1.15. The molecule has 0 radical (unpaired) electrons. The van der Waals surface area contributed by atoms with E-state index in [0.29, 0.717) is 6.42 Å². The zero-order chi connectivity index (χ0) is 7.82. The topological polar surface area (TPSA) is 45.4 Å². The van der Waals surface area contributed by atoms with Crippen LogP contribution < -0.4 is 0 Å². The van der Waals surface area contributed by atoms with Gasteiger partial charge in [-0.1, -0.05) is 12.1 Å². The van der Waals surface area contributed by atoms with Crippen molar-refractivity contribution >= 4 is 5.71 Å². The molecule has 0 aromatic carbocycles. The van der Waals surface area contributed by atoms with Gasteiger partial charge < -0.3 is 4.84 Å². The van der Waals surface area contributed by atoms with Crippen molar-refractivity contribution in [2.24, 2.45) is 5.16 Å². The van der Waals surface area contributed by atoms with E-state index in [0.717, 1.165) is 18.6 Å². The summed E-state index contributed by atoms with van der Waals surface area (Å²) < 4.78 is 0. The highest BCUT2D eigenvalue weighted by molar-refractivity contribution is 5.83. The van der Waals surface area contributed by atoms with E-state index in [1.807, 2.05) is 6.92 Å². The van der Waals surface area contributed by atoms with Gasteiger partial charge in [-0.2, -0.15) is 5.26 Å². The van der Waals surface area contributed by atoms with Crippen LogP contribution in [0.4, 0.5) is 0 Å². The average Bonchev–Trinajstić information content (AvgIpc) is 1.98. The molecule has 0 spiro atoms. The molecule has 0 aliphatic rings. The lowest BCUT2D eigenvalue weighted by Gasteiger charge is -1.96. The first-order valence-corrected chi connectivity index (χ1v) is 3.31. The molecule has 0 aromatic heterocycles. The Morgan fingerprint density at radius 1 is 1.70 bits per heavy atom. The number of hydrogen-bond donors (Lipinski definition) is 0. The van der Waals surface area contributed by atoms with Gasteiger partial charge >= 0.3 is 0 Å². The summed E-state index contributed by atoms with van der Waals surface area (Å²) in [6.45, 7) is 2.00. The van der Waals surface area contributed by atoms with Gasteiger partial charge in [-0.15, -0.1) is 0 Å². The minimum Gasteiger partial charge on any atom is -0.399 e. The van der Waals surface area contributed by atoms with Crippen molar-refractivity contribution in [3.05, 3.63) is 0 Å². The monoisotopic (exact) mass is 140 g/mol. The second-order valence-electron chi connectivity index (χ2n) is 1.85. The molecule has 0 N–H and O–H groups in total. The molecule has 3 nitrogen and oxygen atoms in total. The van der Waals surface area contributed by atoms with Crippen LogP contribution in [0.5, 0.6) is 0 Å². The van der Waals surface area contributed by atoms with Crippen LogP contribution in [0.1, 0.15) is 26.2 Å². The maximum Gasteiger partial charge on any atom is 0.106 e. The van der Waals surface area contributed by atoms with Crippen molar-refractivity contribution in [1.82, 2.24) is 0 Å². The number of hydrogen-bond acceptors (Lipinski definition) is 3. The van der Waals surface area contributed by atoms with Crippen molar-refractivity contribution < 1.29 is 4.84 Å². The molecule has 10 heavy (non-hydrogen) atoms. The van der Waals surface area contributed by atoms with Crippen LogP contribution in [0.2, 0.25) is 0 Å². The van der Waals surface area contributed by atoms with Gasteiger partial charge in [0.1, 0.15) is 7.11 Å². The van der Waals surface area contributed by atoms with E-state index in [4.69, 9.17) is 5.26 Å². The molecule has 0 fully saturated rings. The summed E-state index contributed by atoms with van der Waals surface area (Å²) in [6, 6.07) is 2.05. The smallest absolute Gasteiger partial charge is 0.106 e. The first kappa shape index (κ1) is 8.96. The molecule has 0 rings (SSSR count). The maximum absolute atomic E-state index is 8.23. The Hall–Kier alpha value is -1.04. The maximum atomic E-state index is 8.23. The highest BCUT2D eigenvalue weighted by atomic mass is 16.6. The van der Waals surface area contributed by atoms with Crippen molar-refractivity contribution in [2.45, 2.75) is 26.2 Å². The summed E-state index contributed by atoms with van der Waals surface area (Å²) in [7, 11) is 1.52. The first-order chi connectivity index (χ1) is 4.85. The van der Waals surface area contributed by atoms with E-state index in [1.165, 1.54) is 7.11 Å². The predicted molar refractivity (Wildman–Crippen MR) is 39.6 cm³/mol. The fourth-order valence-corrected chi connectivity index (χ4v) is 0.616. The molecule has 0 heterocycles. The normalized spacial score (nSPS) is 10.7. The van der Waals surface area contributed by atoms with Gasteiger partial charge in [-0.25, -0.2) is 0 Å². The van der Waals surface area contributed by atoms with Gasteiger partial charge in [-0.05, 0) is 6.42 Å². The molecule has 0 unspecified atom stereocenters. The van der Waals surface area contributed by atoms with Crippen molar-refractivity contribution in [1.29, 1.82) is 5.26 Å². The molecule has 0 aromatic rings. The van der Waals surface area contributed by atoms with Crippen LogP contribution in [0.3, 0.4) is 0 Å². The van der Waals surface area contributed by atoms with Crippen molar-refractivity contribution in [2.75, 3.05) is 7.11 Å². The Labute approximate surface area is 61.3 Å². The Balaban J connectivity index is 3.62. The standard InChI is InChI=1S/C7H12N2O/c1-3-7(9-10-2)5-4-6-8/h3-5H2,1-2H3. The van der Waals surface area contributed by atoms with Gasteiger partial charge in [0.25, 0.3) is 0 Å². The molecule has 0 saturated carbocycles. The number of rotatable bonds is 4. The molecule has 0 atom stereocenters. The van der Waals surface area contributed by atoms with E-state index in [2.05, 4.69) is 16.1 Å². The zero-order valence-corrected chi connectivity index (χ0v) is 6.42. The fourth-order valence-electron chi connectivity index (χ4n) is 0.616. The molecule has 0 aliphatic carbocycles. The summed E-state index contributed by atoms with van der Waals surface area (Å²) in [5, 5.41) is 12.0. The molecule has 0 bridgehead atoms. The number of nitrogens with zero attached hydrogens (tertiary/aromatic N) is 2. The Bertz CT molecular complexity index is 146. The number of oxime groups is 1. The van der Waals surface area contributed by atoms with Gasteiger partial charge in [0.15, 0.2) is 0 Å². The van der Waals surface area contributed by atoms with Gasteiger partial charge in [0, 0.05) is 12.8 Å². The van der Waals surface area contributed by atoms with Crippen LogP contribution >= 0.6 is 0 Å². The summed E-state index contributed by atoms with van der Waals surface area (Å²) in [4.78, 5) is 4.57. The van der Waals surface area contributed by atoms with Crippen molar-refractivity contribution in [3.63, 3.8) is 0 Å². The fraction of sp³-hybridized carbons (Fsp3) is 0.714. The Morgan fingerprint density at radius 2 is 2.40 bits per heavy atom. The summed E-state index contributed by atoms with van der Waals surface area (Å²) in [5.41, 5.74) is 0.948. The van der Waals surface area contributed by atoms with E-state index in [9.17, 15) is 0 Å². The minimum absolute atomic E-state index is 0.524. The lowest BCUT2D eigenvalue weighted by Crippen LogP contribution is -1.95. The van der Waals surface area contributed by atoms with Crippen LogP contribution in [0.25, 0.3) is 0 Å². The van der Waals surface area contributed by atoms with E-state index < -0.39 is 0 Å². The summed E-state index contributed by atoms with van der Waals surface area (Å²) >= 11 is 0. The lowest BCUT2D eigenvalue weighted by molar-refractivity contribution is 0.212. The summed E-state index contributed by atoms with van der Waals surface area (Å²) in [5.74, 6) is 0. The molecule has 3 heteroatoms. The second-order valence-corrected chi connectivity index (χ2v) is 1.85. The van der Waals surface area contributed by atoms with Gasteiger partial charge in [0.05, 0.1) is 11.8 Å². The summed E-state index contributed by atoms with van der Waals surface area (Å²) in [6.07, 6.45) is 2.10. The average molecular weight is 140 g/mol. The van der Waals surface area contributed by atoms with E-state index >= 15 is 0 Å². The van der Waals surface area contributed by atoms with Crippen LogP contribution in [0, 0.1) is 11.3 Å². The third-order valence-electron chi connectivity index (χ3n) is 1.15. The Kier molecular flexibility index (Phi) is 5.45. The second kappa shape index (κ2) is 6.09. The van der Waals surface area contributed by atoms with Gasteiger partial charge in [0.2, 0.25) is 0 Å². The molecule has 0 saturated heterocycles. The molecular formula is C7H12N2O. The molecule has 0 aliphatic heterocycles. The highest BCUT2D eigenvalue weighted by Gasteiger charge is 1.94. The van der Waals surface area contributed by atoms with Crippen LogP contribution in [-0.2, 0) is 4.84 Å². The largest absolute Gasteiger partial charge is 0.399 e. The first-order valence-electron chi connectivity index (χ1n) is 3.31. The molecule has 56 valence electrons. The van der Waals surface area contributed by atoms with Crippen LogP contribution in [0.15, 0.2) is 5.16 Å². The SMILES string of the molecule is CCC(CCC#N)=NOC.